The van der Waals surface area contributed by atoms with Crippen molar-refractivity contribution < 1.29 is 24.0 Å². The number of nitrogens with zero attached hydrogens (tertiary/aromatic N) is 1. The predicted octanol–water partition coefficient (Wildman–Crippen LogP) is 1.50. The number of hydrogen-bond acceptors (Lipinski definition) is 5. The van der Waals surface area contributed by atoms with Crippen molar-refractivity contribution in [1.82, 2.24) is 9.88 Å². The van der Waals surface area contributed by atoms with E-state index in [1.54, 1.807) is 33.8 Å². The average molecular weight is 390 g/mol. The molecule has 0 spiro atoms. The second-order valence-corrected chi connectivity index (χ2v) is 5.28. The number of hydrogen-bond donors (Lipinski definition) is 2. The second kappa shape index (κ2) is 10.7. The highest BCUT2D eigenvalue weighted by Gasteiger charge is 2.24. The van der Waals surface area contributed by atoms with Gasteiger partial charge in [0.25, 0.3) is 5.91 Å². The minimum atomic E-state index is -1.47. The Bertz CT molecular complexity index is 883. The summed E-state index contributed by atoms with van der Waals surface area (Å²) in [6, 6.07) is 0. The van der Waals surface area contributed by atoms with E-state index in [1.807, 2.05) is 0 Å². The van der Waals surface area contributed by atoms with E-state index in [9.17, 15) is 24.3 Å². The molecule has 9 heteroatoms. The number of carboxylic acids is 1. The van der Waals surface area contributed by atoms with Crippen molar-refractivity contribution in [3.8, 4) is 5.75 Å². The molecule has 1 amide bonds. The Balaban J connectivity index is 3.27. The lowest BCUT2D eigenvalue weighted by Crippen LogP contribution is -2.32. The number of pyridine rings is 1. The van der Waals surface area contributed by atoms with Crippen LogP contribution in [-0.2, 0) is 11.3 Å². The van der Waals surface area contributed by atoms with Crippen LogP contribution < -0.4 is 15.3 Å². The molecule has 1 atom stereocenters. The highest BCUT2D eigenvalue weighted by molar-refractivity contribution is 7.10. The van der Waals surface area contributed by atoms with Gasteiger partial charge in [-0.15, -0.1) is 0 Å². The van der Waals surface area contributed by atoms with Gasteiger partial charge >= 0.3 is 5.97 Å². The van der Waals surface area contributed by atoms with Gasteiger partial charge in [-0.25, -0.2) is 4.79 Å². The summed E-state index contributed by atoms with van der Waals surface area (Å²) in [4.78, 5) is 47.0. The van der Waals surface area contributed by atoms with E-state index in [0.717, 1.165) is 10.8 Å². The first-order valence-corrected chi connectivity index (χ1v) is 8.08. The molecule has 0 aromatic carbocycles. The molecule has 2 N–H and O–H groups in total. The molecule has 1 rings (SSSR count). The third-order valence-corrected chi connectivity index (χ3v) is 3.58. The number of carbonyl (C=O) groups excluding carboxylic acids is 2. The van der Waals surface area contributed by atoms with Gasteiger partial charge in [-0.2, -0.15) is 0 Å². The third kappa shape index (κ3) is 5.62. The van der Waals surface area contributed by atoms with Crippen LogP contribution in [0.4, 0.5) is 0 Å². The normalized spacial score (nSPS) is 11.1. The first-order chi connectivity index (χ1) is 12.9. The summed E-state index contributed by atoms with van der Waals surface area (Å²) >= 11 is 0. The highest BCUT2D eigenvalue weighted by Crippen LogP contribution is 2.17. The minimum Gasteiger partial charge on any atom is -0.476 e. The molecule has 0 fully saturated rings. The van der Waals surface area contributed by atoms with Crippen molar-refractivity contribution in [1.29, 1.82) is 0 Å². The van der Waals surface area contributed by atoms with Crippen LogP contribution in [0.2, 0.25) is 0 Å². The van der Waals surface area contributed by atoms with E-state index in [-0.39, 0.29) is 18.7 Å². The summed E-state index contributed by atoms with van der Waals surface area (Å²) in [5.74, 6) is -2.78. The molecule has 0 saturated heterocycles. The molecule has 0 aliphatic heterocycles. The molecule has 0 radical (unpaired) electrons. The number of carboxylic acid groups (broad SMARTS) is 1. The van der Waals surface area contributed by atoms with Gasteiger partial charge in [-0.1, -0.05) is 43.5 Å². The summed E-state index contributed by atoms with van der Waals surface area (Å²) in [6.45, 7) is 6.88. The molecule has 142 valence electrons. The fourth-order valence-electron chi connectivity index (χ4n) is 2.09. The van der Waals surface area contributed by atoms with E-state index < -0.39 is 28.7 Å². The van der Waals surface area contributed by atoms with Crippen molar-refractivity contribution in [2.75, 3.05) is 6.54 Å². The van der Waals surface area contributed by atoms with Crippen LogP contribution in [-0.4, -0.2) is 34.4 Å². The van der Waals surface area contributed by atoms with Crippen LogP contribution >= 0.6 is 9.47 Å². The van der Waals surface area contributed by atoms with Crippen molar-refractivity contribution in [3.05, 3.63) is 76.8 Å². The molecule has 0 saturated carbocycles. The van der Waals surface area contributed by atoms with Crippen molar-refractivity contribution in [3.63, 3.8) is 0 Å². The van der Waals surface area contributed by atoms with Gasteiger partial charge in [0.2, 0.25) is 11.2 Å². The smallest absolute Gasteiger partial charge is 0.356 e. The van der Waals surface area contributed by atoms with Gasteiger partial charge < -0.3 is 24.3 Å². The predicted molar refractivity (Wildman–Crippen MR) is 104 cm³/mol. The quantitative estimate of drug-likeness (QED) is 0.355. The third-order valence-electron chi connectivity index (χ3n) is 3.35. The van der Waals surface area contributed by atoms with E-state index in [2.05, 4.69) is 18.5 Å². The Morgan fingerprint density at radius 1 is 1.33 bits per heavy atom. The number of amides is 1. The largest absolute Gasteiger partial charge is 0.476 e. The Morgan fingerprint density at radius 2 is 2.04 bits per heavy atom. The van der Waals surface area contributed by atoms with Crippen LogP contribution in [0.5, 0.6) is 5.75 Å². The van der Waals surface area contributed by atoms with Gasteiger partial charge in [-0.05, 0) is 5.57 Å². The molecule has 0 bridgehead atoms. The summed E-state index contributed by atoms with van der Waals surface area (Å²) in [5, 5.41) is 11.8. The molecule has 1 unspecified atom stereocenters. The SMILES string of the molecule is C=C/C=C\C=C(/C=C)CNC(=O)c1cn(CC=O)c(C(=O)O)c(OP)c1=O. The molecular formula is C18H19N2O6P. The van der Waals surface area contributed by atoms with Crippen LogP contribution in [0.1, 0.15) is 20.8 Å². The number of aldehydes is 1. The van der Waals surface area contributed by atoms with Crippen LogP contribution in [0.25, 0.3) is 0 Å². The lowest BCUT2D eigenvalue weighted by Gasteiger charge is -2.14. The molecule has 0 aliphatic carbocycles. The summed E-state index contributed by atoms with van der Waals surface area (Å²) < 4.78 is 5.75. The standard InChI is InChI=1S/C18H19N2O6P/c1-3-5-6-7-12(4-2)10-19-17(23)13-11-20(8-9-21)14(18(24)25)16(26-27)15(13)22/h3-7,9,11H,1-2,8,10,27H2,(H,19,23)(H,24,25)/b6-5-,12-7+. The zero-order valence-electron chi connectivity index (χ0n) is 14.4. The number of rotatable bonds is 10. The Morgan fingerprint density at radius 3 is 2.56 bits per heavy atom. The number of aromatic nitrogens is 1. The van der Waals surface area contributed by atoms with Crippen LogP contribution in [0.15, 0.2) is 60.1 Å². The number of aromatic carboxylic acids is 1. The topological polar surface area (TPSA) is 115 Å². The maximum Gasteiger partial charge on any atom is 0.356 e. The molecule has 1 aromatic rings. The summed E-state index contributed by atoms with van der Waals surface area (Å²) in [6.07, 6.45) is 9.66. The molecule has 0 aliphatic rings. The summed E-state index contributed by atoms with van der Waals surface area (Å²) in [5.41, 5.74) is -1.12. The second-order valence-electron chi connectivity index (χ2n) is 5.04. The van der Waals surface area contributed by atoms with Crippen LogP contribution in [0, 0.1) is 0 Å². The van der Waals surface area contributed by atoms with Crippen molar-refractivity contribution in [2.45, 2.75) is 6.54 Å². The monoisotopic (exact) mass is 390 g/mol. The van der Waals surface area contributed by atoms with Crippen molar-refractivity contribution in [2.24, 2.45) is 0 Å². The van der Waals surface area contributed by atoms with E-state index in [4.69, 9.17) is 4.52 Å². The molecule has 27 heavy (non-hydrogen) atoms. The Labute approximate surface area is 157 Å². The van der Waals surface area contributed by atoms with Gasteiger partial charge in [-0.3, -0.25) is 9.59 Å². The lowest BCUT2D eigenvalue weighted by atomic mass is 10.1. The molecule has 8 nitrogen and oxygen atoms in total. The van der Waals surface area contributed by atoms with Crippen LogP contribution in [0.3, 0.4) is 0 Å². The lowest BCUT2D eigenvalue weighted by molar-refractivity contribution is -0.108. The fourth-order valence-corrected chi connectivity index (χ4v) is 2.31. The number of allylic oxidation sites excluding steroid dienone is 4. The zero-order chi connectivity index (χ0) is 20.4. The minimum absolute atomic E-state index is 0.0781. The highest BCUT2D eigenvalue weighted by atomic mass is 31.0. The number of nitrogens with one attached hydrogen (secondary N) is 1. The molecule has 1 heterocycles. The van der Waals surface area contributed by atoms with E-state index in [1.165, 1.54) is 6.08 Å². The van der Waals surface area contributed by atoms with Gasteiger partial charge in [0.1, 0.15) is 11.8 Å². The summed E-state index contributed by atoms with van der Waals surface area (Å²) in [7, 11) is 1.76. The number of carbonyl (C=O) groups is 3. The molecular weight excluding hydrogens is 371 g/mol. The maximum absolute atomic E-state index is 12.4. The maximum atomic E-state index is 12.4. The van der Waals surface area contributed by atoms with E-state index in [0.29, 0.717) is 11.9 Å². The average Bonchev–Trinajstić information content (AvgIpc) is 2.64. The van der Waals surface area contributed by atoms with Gasteiger partial charge in [0, 0.05) is 12.7 Å². The first-order valence-electron chi connectivity index (χ1n) is 7.61. The molecule has 1 aromatic heterocycles. The fraction of sp³-hybridized carbons (Fsp3) is 0.111. The van der Waals surface area contributed by atoms with Gasteiger partial charge in [0.05, 0.1) is 16.0 Å². The van der Waals surface area contributed by atoms with Crippen molar-refractivity contribution >= 4 is 27.6 Å². The zero-order valence-corrected chi connectivity index (χ0v) is 15.5. The van der Waals surface area contributed by atoms with E-state index >= 15 is 0 Å². The van der Waals surface area contributed by atoms with Gasteiger partial charge in [0.15, 0.2) is 5.69 Å². The Kier molecular flexibility index (Phi) is 8.62. The Hall–Kier alpha value is -3.25. The first kappa shape index (κ1) is 21.8.